The van der Waals surface area contributed by atoms with Crippen molar-refractivity contribution in [3.8, 4) is 5.75 Å². The zero-order valence-corrected chi connectivity index (χ0v) is 8.59. The summed E-state index contributed by atoms with van der Waals surface area (Å²) in [6, 6.07) is 1.28. The molecule has 6 heteroatoms. The Hall–Kier alpha value is -0.570. The maximum Gasteiger partial charge on any atom is 0.227 e. The first kappa shape index (κ1) is 10.5. The van der Waals surface area contributed by atoms with Crippen molar-refractivity contribution in [2.45, 2.75) is 13.5 Å². The summed E-state index contributed by atoms with van der Waals surface area (Å²) in [5.41, 5.74) is -0.332. The van der Waals surface area contributed by atoms with Crippen LogP contribution in [-0.2, 0) is 6.61 Å². The van der Waals surface area contributed by atoms with Crippen LogP contribution in [0.2, 0.25) is 0 Å². The molecule has 72 valence electrons. The summed E-state index contributed by atoms with van der Waals surface area (Å²) in [6.07, 6.45) is 0. The fourth-order valence-corrected chi connectivity index (χ4v) is 1.43. The minimum atomic E-state index is -0.381. The Morgan fingerprint density at radius 2 is 2.46 bits per heavy atom. The molecule has 13 heavy (non-hydrogen) atoms. The summed E-state index contributed by atoms with van der Waals surface area (Å²) in [5.74, 6) is 0.527. The summed E-state index contributed by atoms with van der Waals surface area (Å²) in [6.45, 7) is 1.24. The van der Waals surface area contributed by atoms with Crippen LogP contribution in [0.15, 0.2) is 15.3 Å². The van der Waals surface area contributed by atoms with E-state index in [0.29, 0.717) is 5.76 Å². The van der Waals surface area contributed by atoms with Crippen molar-refractivity contribution >= 4 is 19.4 Å². The predicted molar refractivity (Wildman–Crippen MR) is 50.4 cm³/mol. The van der Waals surface area contributed by atoms with Gasteiger partial charge in [0.25, 0.3) is 0 Å². The lowest BCUT2D eigenvalue weighted by Crippen LogP contribution is -2.06. The molecular weight excluding hydrogens is 214 g/mol. The van der Waals surface area contributed by atoms with E-state index in [1.165, 1.54) is 6.07 Å². The van der Waals surface area contributed by atoms with Gasteiger partial charge in [-0.15, -0.1) is 0 Å². The Labute approximate surface area is 81.1 Å². The van der Waals surface area contributed by atoms with Crippen LogP contribution in [0.3, 0.4) is 0 Å². The summed E-state index contributed by atoms with van der Waals surface area (Å²) in [5, 5.41) is 8.84. The molecule has 1 rings (SSSR count). The van der Waals surface area contributed by atoms with E-state index >= 15 is 0 Å². The minimum Gasteiger partial charge on any atom is -0.460 e. The maximum atomic E-state index is 11.3. The molecule has 0 aromatic carbocycles. The van der Waals surface area contributed by atoms with Crippen molar-refractivity contribution in [1.82, 2.24) is 0 Å². The van der Waals surface area contributed by atoms with Gasteiger partial charge in [0.1, 0.15) is 12.4 Å². The summed E-state index contributed by atoms with van der Waals surface area (Å²) < 4.78 is 9.90. The molecule has 1 heterocycles. The minimum absolute atomic E-state index is 0.0126. The van der Waals surface area contributed by atoms with Crippen molar-refractivity contribution in [3.63, 3.8) is 0 Å². The number of halogens is 1. The highest BCUT2D eigenvalue weighted by atomic mass is 35.7. The van der Waals surface area contributed by atoms with Gasteiger partial charge in [0, 0.05) is 6.07 Å². The van der Waals surface area contributed by atoms with E-state index in [9.17, 15) is 4.79 Å². The smallest absolute Gasteiger partial charge is 0.227 e. The molecule has 1 aromatic heterocycles. The van der Waals surface area contributed by atoms with Crippen LogP contribution in [0.5, 0.6) is 5.75 Å². The van der Waals surface area contributed by atoms with Crippen LogP contribution in [0.4, 0.5) is 0 Å². The van der Waals surface area contributed by atoms with Crippen LogP contribution in [0.1, 0.15) is 11.5 Å². The molecular formula is C7H8ClO4P. The van der Waals surface area contributed by atoms with Crippen LogP contribution >= 0.6 is 19.4 Å². The standard InChI is InChI=1S/C7H8ClO4P/c1-4-2-5(10)7(12-13-8)6(3-9)11-4/h2,9,13H,3H2,1H3. The highest BCUT2D eigenvalue weighted by Gasteiger charge is 2.10. The third kappa shape index (κ3) is 2.44. The topological polar surface area (TPSA) is 59.7 Å². The number of hydrogen-bond donors (Lipinski definition) is 1. The largest absolute Gasteiger partial charge is 0.460 e. The molecule has 0 aliphatic carbocycles. The average Bonchev–Trinajstić information content (AvgIpc) is 2.09. The average molecular weight is 223 g/mol. The normalized spacial score (nSPS) is 11.0. The van der Waals surface area contributed by atoms with E-state index in [0.717, 1.165) is 0 Å². The van der Waals surface area contributed by atoms with Crippen molar-refractivity contribution in [3.05, 3.63) is 27.8 Å². The summed E-state index contributed by atoms with van der Waals surface area (Å²) >= 11 is 5.32. The Bertz CT molecular complexity index is 349. The van der Waals surface area contributed by atoms with Gasteiger partial charge in [-0.3, -0.25) is 4.79 Å². The van der Waals surface area contributed by atoms with E-state index in [4.69, 9.17) is 25.3 Å². The van der Waals surface area contributed by atoms with Gasteiger partial charge in [-0.1, -0.05) is 11.2 Å². The maximum absolute atomic E-state index is 11.3. The van der Waals surface area contributed by atoms with Gasteiger partial charge in [-0.25, -0.2) is 0 Å². The molecule has 0 aliphatic heterocycles. The Kier molecular flexibility index (Phi) is 3.72. The Balaban J connectivity index is 3.22. The Morgan fingerprint density at radius 1 is 1.77 bits per heavy atom. The van der Waals surface area contributed by atoms with Gasteiger partial charge < -0.3 is 14.0 Å². The molecule has 0 spiro atoms. The van der Waals surface area contributed by atoms with E-state index in [2.05, 4.69) is 0 Å². The molecule has 1 aromatic rings. The summed E-state index contributed by atoms with van der Waals surface area (Å²) in [4.78, 5) is 11.3. The molecule has 0 saturated heterocycles. The number of aliphatic hydroxyl groups is 1. The van der Waals surface area contributed by atoms with Gasteiger partial charge in [-0.05, 0) is 6.92 Å². The molecule has 0 bridgehead atoms. The van der Waals surface area contributed by atoms with E-state index in [1.54, 1.807) is 6.92 Å². The fraction of sp³-hybridized carbons (Fsp3) is 0.286. The fourth-order valence-electron chi connectivity index (χ4n) is 0.908. The second-order valence-corrected chi connectivity index (χ2v) is 3.13. The van der Waals surface area contributed by atoms with E-state index in [-0.39, 0.29) is 31.7 Å². The van der Waals surface area contributed by atoms with Gasteiger partial charge in [0.2, 0.25) is 11.2 Å². The lowest BCUT2D eigenvalue weighted by Gasteiger charge is -2.05. The number of aliphatic hydroxyl groups excluding tert-OH is 1. The quantitative estimate of drug-likeness (QED) is 0.789. The molecule has 0 radical (unpaired) electrons. The lowest BCUT2D eigenvalue weighted by atomic mass is 10.3. The zero-order valence-electron chi connectivity index (χ0n) is 6.83. The highest BCUT2D eigenvalue weighted by Crippen LogP contribution is 2.24. The zero-order chi connectivity index (χ0) is 9.84. The molecule has 4 nitrogen and oxygen atoms in total. The van der Waals surface area contributed by atoms with E-state index in [1.807, 2.05) is 0 Å². The second kappa shape index (κ2) is 4.61. The molecule has 0 amide bonds. The van der Waals surface area contributed by atoms with Gasteiger partial charge in [0.15, 0.2) is 13.9 Å². The predicted octanol–water partition coefficient (Wildman–Crippen LogP) is 1.57. The number of rotatable bonds is 3. The molecule has 1 atom stereocenters. The van der Waals surface area contributed by atoms with E-state index < -0.39 is 0 Å². The van der Waals surface area contributed by atoms with Crippen molar-refractivity contribution in [2.75, 3.05) is 0 Å². The summed E-state index contributed by atoms with van der Waals surface area (Å²) in [7, 11) is -0.371. The molecule has 0 saturated carbocycles. The first-order chi connectivity index (χ1) is 6.19. The molecule has 0 fully saturated rings. The van der Waals surface area contributed by atoms with Crippen LogP contribution in [-0.4, -0.2) is 5.11 Å². The van der Waals surface area contributed by atoms with Gasteiger partial charge >= 0.3 is 0 Å². The highest BCUT2D eigenvalue weighted by molar-refractivity contribution is 7.64. The molecule has 1 unspecified atom stereocenters. The SMILES string of the molecule is Cc1cc(=O)c(OPCl)c(CO)o1. The molecule has 1 N–H and O–H groups in total. The van der Waals surface area contributed by atoms with Crippen LogP contribution in [0.25, 0.3) is 0 Å². The van der Waals surface area contributed by atoms with Crippen molar-refractivity contribution < 1.29 is 14.0 Å². The lowest BCUT2D eigenvalue weighted by molar-refractivity contribution is 0.235. The number of aryl methyl sites for hydroxylation is 1. The third-order valence-electron chi connectivity index (χ3n) is 1.38. The van der Waals surface area contributed by atoms with Gasteiger partial charge in [-0.2, -0.15) is 0 Å². The number of hydrogen-bond acceptors (Lipinski definition) is 4. The van der Waals surface area contributed by atoms with Crippen molar-refractivity contribution in [2.24, 2.45) is 0 Å². The molecule has 0 aliphatic rings. The Morgan fingerprint density at radius 3 is 3.00 bits per heavy atom. The monoisotopic (exact) mass is 222 g/mol. The first-order valence-corrected chi connectivity index (χ1v) is 5.38. The van der Waals surface area contributed by atoms with Crippen molar-refractivity contribution in [1.29, 1.82) is 0 Å². The first-order valence-electron chi connectivity index (χ1n) is 3.46. The van der Waals surface area contributed by atoms with Crippen LogP contribution in [0, 0.1) is 6.92 Å². The van der Waals surface area contributed by atoms with Gasteiger partial charge in [0.05, 0.1) is 0 Å². The third-order valence-corrected chi connectivity index (χ3v) is 1.89. The van der Waals surface area contributed by atoms with Crippen LogP contribution < -0.4 is 9.95 Å². The second-order valence-electron chi connectivity index (χ2n) is 2.31.